The minimum atomic E-state index is -0.0254. The molecule has 0 spiro atoms. The molecule has 1 heterocycles. The Bertz CT molecular complexity index is 561. The Morgan fingerprint density at radius 3 is 2.18 bits per heavy atom. The van der Waals surface area contributed by atoms with Crippen LogP contribution in [0.25, 0.3) is 0 Å². The minimum Gasteiger partial charge on any atom is -0.496 e. The Kier molecular flexibility index (Phi) is 5.06. The Labute approximate surface area is 131 Å². The maximum Gasteiger partial charge on any atom is 0.257 e. The summed E-state index contributed by atoms with van der Waals surface area (Å²) in [4.78, 5) is 27.7. The first-order valence-electron chi connectivity index (χ1n) is 7.66. The highest BCUT2D eigenvalue weighted by molar-refractivity contribution is 5.97. The van der Waals surface area contributed by atoms with Gasteiger partial charge in [-0.15, -0.1) is 0 Å². The third-order valence-corrected chi connectivity index (χ3v) is 4.13. The predicted octanol–water partition coefficient (Wildman–Crippen LogP) is 2.12. The molecule has 0 saturated carbocycles. The van der Waals surface area contributed by atoms with Crippen molar-refractivity contribution in [2.24, 2.45) is 0 Å². The number of methoxy groups -OCH3 is 1. The van der Waals surface area contributed by atoms with E-state index in [-0.39, 0.29) is 11.8 Å². The number of carbonyl (C=O) groups excluding carboxylic acids is 2. The smallest absolute Gasteiger partial charge is 0.257 e. The third kappa shape index (κ3) is 3.40. The van der Waals surface area contributed by atoms with Crippen LogP contribution in [-0.4, -0.2) is 54.9 Å². The number of ether oxygens (including phenoxy) is 1. The van der Waals surface area contributed by atoms with Crippen LogP contribution in [0.1, 0.15) is 42.6 Å². The topological polar surface area (TPSA) is 49.9 Å². The zero-order valence-electron chi connectivity index (χ0n) is 13.8. The van der Waals surface area contributed by atoms with Crippen LogP contribution in [0.5, 0.6) is 5.75 Å². The maximum atomic E-state index is 12.8. The molecule has 0 atom stereocenters. The van der Waals surface area contributed by atoms with E-state index in [0.29, 0.717) is 43.4 Å². The van der Waals surface area contributed by atoms with E-state index in [2.05, 4.69) is 13.8 Å². The lowest BCUT2D eigenvalue weighted by Gasteiger charge is -2.34. The summed E-state index contributed by atoms with van der Waals surface area (Å²) in [6.07, 6.45) is 0. The van der Waals surface area contributed by atoms with Gasteiger partial charge in [-0.25, -0.2) is 0 Å². The molecule has 1 aromatic rings. The van der Waals surface area contributed by atoms with Crippen LogP contribution in [-0.2, 0) is 4.79 Å². The van der Waals surface area contributed by atoms with Gasteiger partial charge >= 0.3 is 0 Å². The van der Waals surface area contributed by atoms with E-state index < -0.39 is 0 Å². The first-order valence-corrected chi connectivity index (χ1v) is 7.66. The summed E-state index contributed by atoms with van der Waals surface area (Å²) in [5, 5.41) is 0. The highest BCUT2D eigenvalue weighted by Crippen LogP contribution is 2.25. The Morgan fingerprint density at radius 2 is 1.68 bits per heavy atom. The van der Waals surface area contributed by atoms with Crippen molar-refractivity contribution in [2.75, 3.05) is 33.3 Å². The largest absolute Gasteiger partial charge is 0.496 e. The molecule has 1 aliphatic heterocycles. The van der Waals surface area contributed by atoms with E-state index in [1.54, 1.807) is 23.8 Å². The molecule has 5 nitrogen and oxygen atoms in total. The molecule has 2 rings (SSSR count). The van der Waals surface area contributed by atoms with Gasteiger partial charge in [0, 0.05) is 33.1 Å². The van der Waals surface area contributed by atoms with Crippen LogP contribution < -0.4 is 4.74 Å². The van der Waals surface area contributed by atoms with Crippen LogP contribution in [0.4, 0.5) is 0 Å². The minimum absolute atomic E-state index is 0.0254. The zero-order chi connectivity index (χ0) is 16.3. The second-order valence-electron chi connectivity index (χ2n) is 5.91. The molecule has 0 bridgehead atoms. The molecule has 1 aromatic carbocycles. The molecule has 1 fully saturated rings. The van der Waals surface area contributed by atoms with E-state index in [4.69, 9.17) is 4.74 Å². The second kappa shape index (κ2) is 6.81. The number of piperazine rings is 1. The highest BCUT2D eigenvalue weighted by atomic mass is 16.5. The van der Waals surface area contributed by atoms with Gasteiger partial charge in [-0.1, -0.05) is 19.9 Å². The van der Waals surface area contributed by atoms with Gasteiger partial charge in [0.2, 0.25) is 5.91 Å². The summed E-state index contributed by atoms with van der Waals surface area (Å²) in [7, 11) is 1.58. The Balaban J connectivity index is 2.18. The van der Waals surface area contributed by atoms with Crippen LogP contribution >= 0.6 is 0 Å². The molecule has 0 aromatic heterocycles. The van der Waals surface area contributed by atoms with Crippen molar-refractivity contribution < 1.29 is 14.3 Å². The predicted molar refractivity (Wildman–Crippen MR) is 85.2 cm³/mol. The molecule has 22 heavy (non-hydrogen) atoms. The molecule has 1 aliphatic rings. The summed E-state index contributed by atoms with van der Waals surface area (Å²) in [6, 6.07) is 5.77. The van der Waals surface area contributed by atoms with Gasteiger partial charge in [-0.2, -0.15) is 0 Å². The lowest BCUT2D eigenvalue weighted by molar-refractivity contribution is -0.130. The number of amides is 2. The monoisotopic (exact) mass is 304 g/mol. The average Bonchev–Trinajstić information content (AvgIpc) is 2.53. The first kappa shape index (κ1) is 16.3. The second-order valence-corrected chi connectivity index (χ2v) is 5.91. The number of hydrogen-bond donors (Lipinski definition) is 0. The van der Waals surface area contributed by atoms with Crippen molar-refractivity contribution in [1.82, 2.24) is 9.80 Å². The number of carbonyl (C=O) groups is 2. The lowest BCUT2D eigenvalue weighted by Crippen LogP contribution is -2.50. The fourth-order valence-corrected chi connectivity index (χ4v) is 2.65. The van der Waals surface area contributed by atoms with E-state index in [0.717, 1.165) is 5.56 Å². The molecule has 0 unspecified atom stereocenters. The van der Waals surface area contributed by atoms with Gasteiger partial charge in [0.15, 0.2) is 0 Å². The van der Waals surface area contributed by atoms with Crippen molar-refractivity contribution in [3.8, 4) is 5.75 Å². The number of benzene rings is 1. The zero-order valence-corrected chi connectivity index (χ0v) is 13.8. The summed E-state index contributed by atoms with van der Waals surface area (Å²) in [6.45, 7) is 8.07. The lowest BCUT2D eigenvalue weighted by atomic mass is 9.99. The van der Waals surface area contributed by atoms with Gasteiger partial charge in [0.05, 0.1) is 12.7 Å². The maximum absolute atomic E-state index is 12.8. The van der Waals surface area contributed by atoms with Crippen molar-refractivity contribution in [2.45, 2.75) is 26.7 Å². The van der Waals surface area contributed by atoms with Gasteiger partial charge in [-0.3, -0.25) is 9.59 Å². The molecule has 120 valence electrons. The number of hydrogen-bond acceptors (Lipinski definition) is 3. The molecule has 0 N–H and O–H groups in total. The van der Waals surface area contributed by atoms with Crippen LogP contribution in [0.3, 0.4) is 0 Å². The molecule has 5 heteroatoms. The van der Waals surface area contributed by atoms with Crippen LogP contribution in [0, 0.1) is 0 Å². The molecule has 0 aliphatic carbocycles. The summed E-state index contributed by atoms with van der Waals surface area (Å²) in [5.41, 5.74) is 1.72. The van der Waals surface area contributed by atoms with Gasteiger partial charge in [-0.05, 0) is 23.6 Å². The molecule has 0 radical (unpaired) electrons. The summed E-state index contributed by atoms with van der Waals surface area (Å²) >= 11 is 0. The fourth-order valence-electron chi connectivity index (χ4n) is 2.65. The normalized spacial score (nSPS) is 15.1. The first-order chi connectivity index (χ1) is 10.4. The van der Waals surface area contributed by atoms with E-state index in [1.165, 1.54) is 0 Å². The third-order valence-electron chi connectivity index (χ3n) is 4.13. The fraction of sp³-hybridized carbons (Fsp3) is 0.529. The summed E-state index contributed by atoms with van der Waals surface area (Å²) in [5.74, 6) is 0.990. The van der Waals surface area contributed by atoms with E-state index >= 15 is 0 Å². The van der Waals surface area contributed by atoms with Crippen molar-refractivity contribution in [3.63, 3.8) is 0 Å². The van der Waals surface area contributed by atoms with Crippen molar-refractivity contribution in [3.05, 3.63) is 29.3 Å². The van der Waals surface area contributed by atoms with E-state index in [1.807, 2.05) is 18.2 Å². The van der Waals surface area contributed by atoms with E-state index in [9.17, 15) is 9.59 Å². The molecule has 1 saturated heterocycles. The highest BCUT2D eigenvalue weighted by Gasteiger charge is 2.25. The van der Waals surface area contributed by atoms with Crippen LogP contribution in [0.15, 0.2) is 18.2 Å². The molecule has 2 amide bonds. The Morgan fingerprint density at radius 1 is 1.09 bits per heavy atom. The average molecular weight is 304 g/mol. The standard InChI is InChI=1S/C17H24N2O3/c1-12(2)14-5-6-16(22-4)15(11-14)17(21)19-9-7-18(8-10-19)13(3)20/h5-6,11-12H,7-10H2,1-4H3. The van der Waals surface area contributed by atoms with Gasteiger partial charge in [0.25, 0.3) is 5.91 Å². The van der Waals surface area contributed by atoms with Gasteiger partial charge in [0.1, 0.15) is 5.75 Å². The van der Waals surface area contributed by atoms with Crippen LogP contribution in [0.2, 0.25) is 0 Å². The molecular weight excluding hydrogens is 280 g/mol. The SMILES string of the molecule is COc1ccc(C(C)C)cc1C(=O)N1CCN(C(C)=O)CC1. The number of nitrogens with zero attached hydrogens (tertiary/aromatic N) is 2. The Hall–Kier alpha value is -2.04. The van der Waals surface area contributed by atoms with Crippen molar-refractivity contribution in [1.29, 1.82) is 0 Å². The van der Waals surface area contributed by atoms with Gasteiger partial charge < -0.3 is 14.5 Å². The molecular formula is C17H24N2O3. The summed E-state index contributed by atoms with van der Waals surface area (Å²) < 4.78 is 5.34. The van der Waals surface area contributed by atoms with Crippen molar-refractivity contribution >= 4 is 11.8 Å². The number of rotatable bonds is 3. The quantitative estimate of drug-likeness (QED) is 0.859.